The van der Waals surface area contributed by atoms with Crippen molar-refractivity contribution < 1.29 is 4.79 Å². The van der Waals surface area contributed by atoms with E-state index in [2.05, 4.69) is 35.9 Å². The molecule has 0 saturated carbocycles. The van der Waals surface area contributed by atoms with E-state index in [1.54, 1.807) is 6.20 Å². The first kappa shape index (κ1) is 18.4. The summed E-state index contributed by atoms with van der Waals surface area (Å²) in [6.45, 7) is 6.84. The van der Waals surface area contributed by atoms with Crippen LogP contribution in [0.3, 0.4) is 0 Å². The van der Waals surface area contributed by atoms with Crippen LogP contribution in [0.5, 0.6) is 0 Å². The molecule has 4 nitrogen and oxygen atoms in total. The quantitative estimate of drug-likeness (QED) is 0.795. The minimum atomic E-state index is 0.000486. The van der Waals surface area contributed by atoms with Gasteiger partial charge >= 0.3 is 0 Å². The number of pyridine rings is 1. The number of benzene rings is 1. The number of hydrogen-bond acceptors (Lipinski definition) is 3. The number of rotatable bonds is 5. The Bertz CT molecular complexity index is 706. The molecule has 0 atom stereocenters. The number of carbonyl (C=O) groups excluding carboxylic acids is 1. The molecule has 0 spiro atoms. The van der Waals surface area contributed by atoms with Gasteiger partial charge in [0.15, 0.2) is 0 Å². The first-order chi connectivity index (χ1) is 12.6. The fourth-order valence-electron chi connectivity index (χ4n) is 3.48. The van der Waals surface area contributed by atoms with E-state index in [-0.39, 0.29) is 11.9 Å². The van der Waals surface area contributed by atoms with Crippen molar-refractivity contribution in [3.8, 4) is 0 Å². The lowest BCUT2D eigenvalue weighted by molar-refractivity contribution is 0.0684. The normalized spacial score (nSPS) is 15.0. The van der Waals surface area contributed by atoms with E-state index in [0.717, 1.165) is 24.3 Å². The summed E-state index contributed by atoms with van der Waals surface area (Å²) in [6.07, 6.45) is 6.81. The lowest BCUT2D eigenvalue weighted by atomic mass is 10.1. The van der Waals surface area contributed by atoms with Crippen LogP contribution in [0, 0.1) is 0 Å². The molecule has 1 aliphatic heterocycles. The van der Waals surface area contributed by atoms with Gasteiger partial charge in [0.2, 0.25) is 0 Å². The molecule has 0 radical (unpaired) electrons. The Balaban J connectivity index is 1.79. The molecule has 1 saturated heterocycles. The zero-order chi connectivity index (χ0) is 18.4. The molecule has 1 aliphatic rings. The van der Waals surface area contributed by atoms with E-state index < -0.39 is 0 Å². The van der Waals surface area contributed by atoms with Crippen LogP contribution in [-0.2, 0) is 6.54 Å². The highest BCUT2D eigenvalue weighted by molar-refractivity contribution is 5.93. The minimum Gasteiger partial charge on any atom is -0.371 e. The molecule has 1 aromatic carbocycles. The Morgan fingerprint density at radius 3 is 2.42 bits per heavy atom. The summed E-state index contributed by atoms with van der Waals surface area (Å²) in [5.41, 5.74) is 2.79. The maximum atomic E-state index is 13.1. The molecule has 0 aliphatic carbocycles. The minimum absolute atomic E-state index is 0.000486. The highest BCUT2D eigenvalue weighted by atomic mass is 16.2. The van der Waals surface area contributed by atoms with Crippen molar-refractivity contribution in [1.82, 2.24) is 9.88 Å². The number of amides is 1. The molecular weight excluding hydrogens is 322 g/mol. The van der Waals surface area contributed by atoms with Gasteiger partial charge in [-0.3, -0.25) is 9.78 Å². The summed E-state index contributed by atoms with van der Waals surface area (Å²) < 4.78 is 0. The van der Waals surface area contributed by atoms with Crippen molar-refractivity contribution in [1.29, 1.82) is 0 Å². The van der Waals surface area contributed by atoms with Crippen LogP contribution in [0.25, 0.3) is 0 Å². The van der Waals surface area contributed by atoms with Gasteiger partial charge in [0.05, 0.1) is 0 Å². The predicted octanol–water partition coefficient (Wildman–Crippen LogP) is 4.51. The number of carbonyl (C=O) groups is 1. The fourth-order valence-corrected chi connectivity index (χ4v) is 3.48. The number of nitrogens with zero attached hydrogens (tertiary/aromatic N) is 3. The van der Waals surface area contributed by atoms with E-state index >= 15 is 0 Å². The molecule has 1 fully saturated rings. The summed E-state index contributed by atoms with van der Waals surface area (Å²) in [4.78, 5) is 21.8. The van der Waals surface area contributed by atoms with Crippen molar-refractivity contribution in [2.45, 2.75) is 52.1 Å². The molecule has 4 heteroatoms. The van der Waals surface area contributed by atoms with Gasteiger partial charge in [0, 0.05) is 37.6 Å². The lowest BCUT2D eigenvalue weighted by Gasteiger charge is -2.27. The third kappa shape index (κ3) is 4.63. The maximum Gasteiger partial charge on any atom is 0.273 e. The first-order valence-corrected chi connectivity index (χ1v) is 9.71. The molecule has 26 heavy (non-hydrogen) atoms. The molecule has 2 heterocycles. The predicted molar refractivity (Wildman–Crippen MR) is 106 cm³/mol. The SMILES string of the molecule is CC(C)N(Cc1ccccc1)C(=O)c1cc(N2CCCCCC2)ccn1. The molecule has 138 valence electrons. The van der Waals surface area contributed by atoms with Gasteiger partial charge in [-0.15, -0.1) is 0 Å². The summed E-state index contributed by atoms with van der Waals surface area (Å²) >= 11 is 0. The topological polar surface area (TPSA) is 36.4 Å². The Morgan fingerprint density at radius 2 is 1.77 bits per heavy atom. The standard InChI is InChI=1S/C22H29N3O/c1-18(2)25(17-19-10-6-5-7-11-19)22(26)21-16-20(12-13-23-21)24-14-8-3-4-9-15-24/h5-7,10-13,16,18H,3-4,8-9,14-15,17H2,1-2H3. The van der Waals surface area contributed by atoms with Crippen molar-refractivity contribution in [3.05, 3.63) is 59.9 Å². The average molecular weight is 351 g/mol. The van der Waals surface area contributed by atoms with Crippen LogP contribution in [0.2, 0.25) is 0 Å². The zero-order valence-corrected chi connectivity index (χ0v) is 15.9. The largest absolute Gasteiger partial charge is 0.371 e. The number of hydrogen-bond donors (Lipinski definition) is 0. The Hall–Kier alpha value is -2.36. The molecule has 1 aromatic heterocycles. The molecule has 3 rings (SSSR count). The highest BCUT2D eigenvalue weighted by Gasteiger charge is 2.21. The Labute approximate surface area is 156 Å². The van der Waals surface area contributed by atoms with Gasteiger partial charge < -0.3 is 9.80 Å². The van der Waals surface area contributed by atoms with Crippen LogP contribution in [0.15, 0.2) is 48.7 Å². The highest BCUT2D eigenvalue weighted by Crippen LogP contribution is 2.21. The van der Waals surface area contributed by atoms with Gasteiger partial charge in [-0.25, -0.2) is 0 Å². The van der Waals surface area contributed by atoms with Crippen LogP contribution in [0.4, 0.5) is 5.69 Å². The van der Waals surface area contributed by atoms with Gasteiger partial charge in [0.1, 0.15) is 5.69 Å². The molecule has 2 aromatic rings. The van der Waals surface area contributed by atoms with Gasteiger partial charge in [-0.1, -0.05) is 43.2 Å². The molecule has 0 N–H and O–H groups in total. The Morgan fingerprint density at radius 1 is 1.08 bits per heavy atom. The average Bonchev–Trinajstić information content (AvgIpc) is 2.96. The molecule has 0 unspecified atom stereocenters. The first-order valence-electron chi connectivity index (χ1n) is 9.71. The van der Waals surface area contributed by atoms with Crippen molar-refractivity contribution in [2.75, 3.05) is 18.0 Å². The van der Waals surface area contributed by atoms with E-state index in [1.807, 2.05) is 35.2 Å². The maximum absolute atomic E-state index is 13.1. The summed E-state index contributed by atoms with van der Waals surface area (Å²) in [6, 6.07) is 14.2. The third-order valence-electron chi connectivity index (χ3n) is 5.01. The Kier molecular flexibility index (Phi) is 6.26. The van der Waals surface area contributed by atoms with Crippen molar-refractivity contribution in [3.63, 3.8) is 0 Å². The van der Waals surface area contributed by atoms with Crippen LogP contribution < -0.4 is 4.90 Å². The molecule has 1 amide bonds. The van der Waals surface area contributed by atoms with Gasteiger partial charge in [-0.05, 0) is 44.4 Å². The van der Waals surface area contributed by atoms with E-state index in [1.165, 1.54) is 25.7 Å². The second-order valence-electron chi connectivity index (χ2n) is 7.31. The van der Waals surface area contributed by atoms with Gasteiger partial charge in [0.25, 0.3) is 5.91 Å². The van der Waals surface area contributed by atoms with Crippen molar-refractivity contribution in [2.24, 2.45) is 0 Å². The lowest BCUT2D eigenvalue weighted by Crippen LogP contribution is -2.37. The van der Waals surface area contributed by atoms with Crippen molar-refractivity contribution >= 4 is 11.6 Å². The van der Waals surface area contributed by atoms with E-state index in [9.17, 15) is 4.79 Å². The van der Waals surface area contributed by atoms with Crippen LogP contribution >= 0.6 is 0 Å². The number of anilines is 1. The van der Waals surface area contributed by atoms with Gasteiger partial charge in [-0.2, -0.15) is 0 Å². The smallest absolute Gasteiger partial charge is 0.273 e. The summed E-state index contributed by atoms with van der Waals surface area (Å²) in [5.74, 6) is 0.000486. The van der Waals surface area contributed by atoms with E-state index in [0.29, 0.717) is 12.2 Å². The zero-order valence-electron chi connectivity index (χ0n) is 15.9. The molecule has 0 bridgehead atoms. The number of aromatic nitrogens is 1. The third-order valence-corrected chi connectivity index (χ3v) is 5.01. The van der Waals surface area contributed by atoms with Crippen LogP contribution in [0.1, 0.15) is 55.6 Å². The van der Waals surface area contributed by atoms with E-state index in [4.69, 9.17) is 0 Å². The second kappa shape index (κ2) is 8.84. The fraction of sp³-hybridized carbons (Fsp3) is 0.455. The summed E-state index contributed by atoms with van der Waals surface area (Å²) in [7, 11) is 0. The molecular formula is C22H29N3O. The summed E-state index contributed by atoms with van der Waals surface area (Å²) in [5, 5.41) is 0. The monoisotopic (exact) mass is 351 g/mol. The second-order valence-corrected chi connectivity index (χ2v) is 7.31. The van der Waals surface area contributed by atoms with Crippen LogP contribution in [-0.4, -0.2) is 34.9 Å².